The van der Waals surface area contributed by atoms with Gasteiger partial charge in [0.15, 0.2) is 0 Å². The average molecular weight is 275 g/mol. The van der Waals surface area contributed by atoms with Crippen molar-refractivity contribution in [3.8, 4) is 5.88 Å². The summed E-state index contributed by atoms with van der Waals surface area (Å²) < 4.78 is 5.94. The summed E-state index contributed by atoms with van der Waals surface area (Å²) in [6.45, 7) is 1.83. The second-order valence-corrected chi connectivity index (χ2v) is 5.60. The third kappa shape index (κ3) is 2.77. The van der Waals surface area contributed by atoms with Gasteiger partial charge in [-0.25, -0.2) is 4.98 Å². The second kappa shape index (κ2) is 5.79. The van der Waals surface area contributed by atoms with E-state index in [-0.39, 0.29) is 6.10 Å². The molecular formula is C15H21N3O2. The van der Waals surface area contributed by atoms with Crippen LogP contribution in [0.1, 0.15) is 47.3 Å². The number of nitrogens with two attached hydrogens (primary N) is 1. The number of aromatic nitrogens is 1. The summed E-state index contributed by atoms with van der Waals surface area (Å²) in [5.74, 6) is -0.0310. The first-order valence-corrected chi connectivity index (χ1v) is 7.44. The normalized spacial score (nSPS) is 22.1. The van der Waals surface area contributed by atoms with E-state index in [1.54, 1.807) is 0 Å². The first-order chi connectivity index (χ1) is 9.74. The standard InChI is InChI=1S/C15H21N3O2/c16-14(19)12-8-10-4-1-2-6-13(10)18-15(12)20-11-5-3-7-17-9-11/h8,11,17H,1-7,9H2,(H2,16,19)/t11-/m0/s1. The number of hydrogen-bond donors (Lipinski definition) is 2. The minimum atomic E-state index is -0.454. The maximum Gasteiger partial charge on any atom is 0.254 e. The Morgan fingerprint density at radius 3 is 2.95 bits per heavy atom. The molecule has 20 heavy (non-hydrogen) atoms. The molecule has 0 unspecified atom stereocenters. The SMILES string of the molecule is NC(=O)c1cc2c(nc1O[C@H]1CCCNC1)CCCC2. The number of nitrogens with zero attached hydrogens (tertiary/aromatic N) is 1. The van der Waals surface area contributed by atoms with Crippen LogP contribution in [0.5, 0.6) is 5.88 Å². The van der Waals surface area contributed by atoms with E-state index in [4.69, 9.17) is 10.5 Å². The molecule has 0 bridgehead atoms. The number of rotatable bonds is 3. The lowest BCUT2D eigenvalue weighted by Crippen LogP contribution is -2.37. The molecule has 3 rings (SSSR count). The van der Waals surface area contributed by atoms with Crippen LogP contribution in [0.4, 0.5) is 0 Å². The Labute approximate surface area is 118 Å². The Morgan fingerprint density at radius 2 is 2.20 bits per heavy atom. The van der Waals surface area contributed by atoms with E-state index in [1.807, 2.05) is 6.07 Å². The molecular weight excluding hydrogens is 254 g/mol. The van der Waals surface area contributed by atoms with Gasteiger partial charge in [0.25, 0.3) is 5.91 Å². The zero-order valence-electron chi connectivity index (χ0n) is 11.7. The van der Waals surface area contributed by atoms with Crippen LogP contribution in [0.3, 0.4) is 0 Å². The van der Waals surface area contributed by atoms with Crippen LogP contribution in [0.15, 0.2) is 6.07 Å². The van der Waals surface area contributed by atoms with Crippen LogP contribution in [-0.4, -0.2) is 30.1 Å². The van der Waals surface area contributed by atoms with Crippen LogP contribution in [0, 0.1) is 0 Å². The summed E-state index contributed by atoms with van der Waals surface area (Å²) in [5, 5.41) is 3.30. The number of aryl methyl sites for hydroxylation is 2. The van der Waals surface area contributed by atoms with Crippen molar-refractivity contribution in [1.29, 1.82) is 0 Å². The fraction of sp³-hybridized carbons (Fsp3) is 0.600. The van der Waals surface area contributed by atoms with Gasteiger partial charge in [-0.05, 0) is 56.7 Å². The molecule has 1 aromatic heterocycles. The highest BCUT2D eigenvalue weighted by molar-refractivity contribution is 5.95. The number of amides is 1. The zero-order valence-corrected chi connectivity index (χ0v) is 11.7. The molecule has 3 N–H and O–H groups in total. The molecule has 1 atom stereocenters. The van der Waals surface area contributed by atoms with Crippen LogP contribution in [0.2, 0.25) is 0 Å². The third-order valence-electron chi connectivity index (χ3n) is 4.06. The number of hydrogen-bond acceptors (Lipinski definition) is 4. The Bertz CT molecular complexity index is 510. The van der Waals surface area contributed by atoms with Crippen LogP contribution < -0.4 is 15.8 Å². The van der Waals surface area contributed by atoms with Crippen molar-refractivity contribution < 1.29 is 9.53 Å². The van der Waals surface area contributed by atoms with Crippen molar-refractivity contribution in [2.75, 3.05) is 13.1 Å². The number of carbonyl (C=O) groups excluding carboxylic acids is 1. The molecule has 0 radical (unpaired) electrons. The van der Waals surface area contributed by atoms with Crippen molar-refractivity contribution in [3.05, 3.63) is 22.9 Å². The number of primary amides is 1. The number of pyridine rings is 1. The van der Waals surface area contributed by atoms with E-state index >= 15 is 0 Å². The molecule has 1 saturated heterocycles. The van der Waals surface area contributed by atoms with Gasteiger partial charge in [0, 0.05) is 12.2 Å². The van der Waals surface area contributed by atoms with Gasteiger partial charge in [0.1, 0.15) is 11.7 Å². The first kappa shape index (κ1) is 13.4. The van der Waals surface area contributed by atoms with Crippen LogP contribution >= 0.6 is 0 Å². The van der Waals surface area contributed by atoms with Gasteiger partial charge in [0.05, 0.1) is 0 Å². The van der Waals surface area contributed by atoms with Crippen LogP contribution in [0.25, 0.3) is 0 Å². The minimum Gasteiger partial charge on any atom is -0.472 e. The van der Waals surface area contributed by atoms with Gasteiger partial charge in [-0.3, -0.25) is 4.79 Å². The van der Waals surface area contributed by atoms with Gasteiger partial charge in [-0.1, -0.05) is 0 Å². The largest absolute Gasteiger partial charge is 0.472 e. The first-order valence-electron chi connectivity index (χ1n) is 7.44. The maximum absolute atomic E-state index is 11.6. The molecule has 1 aliphatic heterocycles. The molecule has 108 valence electrons. The number of fused-ring (bicyclic) bond motifs is 1. The average Bonchev–Trinajstić information content (AvgIpc) is 2.47. The molecule has 0 spiro atoms. The predicted octanol–water partition coefficient (Wildman–Crippen LogP) is 1.19. The molecule has 5 nitrogen and oxygen atoms in total. The smallest absolute Gasteiger partial charge is 0.254 e. The van der Waals surface area contributed by atoms with Crippen molar-refractivity contribution in [1.82, 2.24) is 10.3 Å². The fourth-order valence-electron chi connectivity index (χ4n) is 2.96. The number of ether oxygens (including phenoxy) is 1. The number of nitrogens with one attached hydrogen (secondary N) is 1. The molecule has 1 fully saturated rings. The second-order valence-electron chi connectivity index (χ2n) is 5.60. The van der Waals surface area contributed by atoms with Crippen molar-refractivity contribution >= 4 is 5.91 Å². The van der Waals surface area contributed by atoms with Gasteiger partial charge in [-0.2, -0.15) is 0 Å². The summed E-state index contributed by atoms with van der Waals surface area (Å²) >= 11 is 0. The van der Waals surface area contributed by atoms with Crippen molar-refractivity contribution in [3.63, 3.8) is 0 Å². The molecule has 0 saturated carbocycles. The van der Waals surface area contributed by atoms with E-state index in [0.29, 0.717) is 11.4 Å². The highest BCUT2D eigenvalue weighted by atomic mass is 16.5. The monoisotopic (exact) mass is 275 g/mol. The van der Waals surface area contributed by atoms with Crippen LogP contribution in [-0.2, 0) is 12.8 Å². The molecule has 1 amide bonds. The Balaban J connectivity index is 1.88. The van der Waals surface area contributed by atoms with E-state index in [2.05, 4.69) is 10.3 Å². The minimum absolute atomic E-state index is 0.0796. The maximum atomic E-state index is 11.6. The molecule has 5 heteroatoms. The van der Waals surface area contributed by atoms with Gasteiger partial charge >= 0.3 is 0 Å². The molecule has 1 aromatic rings. The van der Waals surface area contributed by atoms with Crippen molar-refractivity contribution in [2.45, 2.75) is 44.6 Å². The molecule has 2 aliphatic rings. The number of carbonyl (C=O) groups is 1. The Hall–Kier alpha value is -1.62. The van der Waals surface area contributed by atoms with Gasteiger partial charge in [-0.15, -0.1) is 0 Å². The highest BCUT2D eigenvalue weighted by Gasteiger charge is 2.22. The fourth-order valence-corrected chi connectivity index (χ4v) is 2.96. The van der Waals surface area contributed by atoms with E-state index in [9.17, 15) is 4.79 Å². The molecule has 2 heterocycles. The lowest BCUT2D eigenvalue weighted by Gasteiger charge is -2.25. The zero-order chi connectivity index (χ0) is 13.9. The predicted molar refractivity (Wildman–Crippen MR) is 75.9 cm³/mol. The lowest BCUT2D eigenvalue weighted by molar-refractivity contribution is 0.0987. The summed E-state index contributed by atoms with van der Waals surface area (Å²) in [5.41, 5.74) is 8.13. The summed E-state index contributed by atoms with van der Waals surface area (Å²) in [6.07, 6.45) is 6.41. The summed E-state index contributed by atoms with van der Waals surface area (Å²) in [4.78, 5) is 16.2. The lowest BCUT2D eigenvalue weighted by atomic mass is 9.95. The summed E-state index contributed by atoms with van der Waals surface area (Å²) in [7, 11) is 0. The van der Waals surface area contributed by atoms with E-state index in [1.165, 1.54) is 0 Å². The third-order valence-corrected chi connectivity index (χ3v) is 4.06. The number of piperidine rings is 1. The Kier molecular flexibility index (Phi) is 3.87. The van der Waals surface area contributed by atoms with E-state index < -0.39 is 5.91 Å². The highest BCUT2D eigenvalue weighted by Crippen LogP contribution is 2.27. The molecule has 1 aliphatic carbocycles. The van der Waals surface area contributed by atoms with E-state index in [0.717, 1.165) is 62.9 Å². The Morgan fingerprint density at radius 1 is 1.35 bits per heavy atom. The molecule has 0 aromatic carbocycles. The van der Waals surface area contributed by atoms with Crippen molar-refractivity contribution in [2.24, 2.45) is 5.73 Å². The van der Waals surface area contributed by atoms with Gasteiger partial charge in [0.2, 0.25) is 5.88 Å². The van der Waals surface area contributed by atoms with Gasteiger partial charge < -0.3 is 15.8 Å². The summed E-state index contributed by atoms with van der Waals surface area (Å²) in [6, 6.07) is 1.88. The topological polar surface area (TPSA) is 77.2 Å². The quantitative estimate of drug-likeness (QED) is 0.868.